The molecule has 0 saturated carbocycles. The maximum Gasteiger partial charge on any atom is 0.330 e. The Morgan fingerprint density at radius 1 is 0.674 bits per heavy atom. The molecule has 232 valence electrons. The Morgan fingerprint density at radius 3 is 1.85 bits per heavy atom. The number of hydrogen-bond acceptors (Lipinski definition) is 5. The van der Waals surface area contributed by atoms with Gasteiger partial charge in [0.05, 0.1) is 18.9 Å². The van der Waals surface area contributed by atoms with Gasteiger partial charge >= 0.3 is 11.9 Å². The van der Waals surface area contributed by atoms with E-state index in [4.69, 9.17) is 9.47 Å². The van der Waals surface area contributed by atoms with Crippen LogP contribution in [-0.4, -0.2) is 25.2 Å². The van der Waals surface area contributed by atoms with Crippen LogP contribution in [-0.2, 0) is 19.1 Å². The number of rotatable bonds is 13. The number of nitrogens with zero attached hydrogens (tertiary/aromatic N) is 1. The largest absolute Gasteiger partial charge is 0.463 e. The highest BCUT2D eigenvalue weighted by atomic mass is 16.5. The van der Waals surface area contributed by atoms with E-state index in [9.17, 15) is 9.59 Å². The number of aryl methyl sites for hydroxylation is 2. The minimum atomic E-state index is -0.452. The number of benzene rings is 5. The average molecular weight is 610 g/mol. The van der Waals surface area contributed by atoms with Gasteiger partial charge in [-0.3, -0.25) is 0 Å². The van der Waals surface area contributed by atoms with Gasteiger partial charge in [0.2, 0.25) is 0 Å². The van der Waals surface area contributed by atoms with Crippen LogP contribution in [0.5, 0.6) is 0 Å². The molecule has 0 unspecified atom stereocenters. The highest BCUT2D eigenvalue weighted by Gasteiger charge is 2.17. The van der Waals surface area contributed by atoms with E-state index in [0.717, 1.165) is 45.9 Å². The Labute approximate surface area is 271 Å². The molecule has 0 aliphatic heterocycles. The number of esters is 2. The van der Waals surface area contributed by atoms with Crippen LogP contribution in [0.1, 0.15) is 35.4 Å². The monoisotopic (exact) mass is 609 g/mol. The van der Waals surface area contributed by atoms with Crippen LogP contribution in [0.15, 0.2) is 135 Å². The number of carbonyl (C=O) groups is 2. The third-order valence-corrected chi connectivity index (χ3v) is 8.35. The van der Waals surface area contributed by atoms with Gasteiger partial charge in [0.25, 0.3) is 0 Å². The second-order valence-corrected chi connectivity index (χ2v) is 11.3. The molecule has 46 heavy (non-hydrogen) atoms. The van der Waals surface area contributed by atoms with Crippen LogP contribution in [0, 0.1) is 13.8 Å². The number of hydrogen-bond donors (Lipinski definition) is 0. The Hall–Kier alpha value is -5.42. The molecule has 0 spiro atoms. The number of anilines is 3. The summed E-state index contributed by atoms with van der Waals surface area (Å²) < 4.78 is 10.5. The predicted molar refractivity (Wildman–Crippen MR) is 188 cm³/mol. The van der Waals surface area contributed by atoms with Crippen LogP contribution in [0.4, 0.5) is 17.1 Å². The van der Waals surface area contributed by atoms with Gasteiger partial charge in [-0.05, 0) is 96.1 Å². The molecule has 0 fully saturated rings. The fraction of sp³-hybridized carbons (Fsp3) is 0.171. The zero-order chi connectivity index (χ0) is 32.5. The van der Waals surface area contributed by atoms with Gasteiger partial charge in [0, 0.05) is 28.9 Å². The lowest BCUT2D eigenvalue weighted by atomic mass is 9.91. The maximum absolute atomic E-state index is 11.6. The maximum atomic E-state index is 11.6. The first-order chi connectivity index (χ1) is 22.4. The fourth-order valence-corrected chi connectivity index (χ4v) is 5.64. The van der Waals surface area contributed by atoms with Crippen LogP contribution >= 0.6 is 0 Å². The van der Waals surface area contributed by atoms with E-state index in [1.165, 1.54) is 21.9 Å². The number of ether oxygens (including phenoxy) is 2. The zero-order valence-electron chi connectivity index (χ0n) is 26.4. The predicted octanol–water partition coefficient (Wildman–Crippen LogP) is 9.92. The molecule has 0 saturated heterocycles. The lowest BCUT2D eigenvalue weighted by Gasteiger charge is -2.27. The van der Waals surface area contributed by atoms with Crippen molar-refractivity contribution in [3.8, 4) is 11.1 Å². The quantitative estimate of drug-likeness (QED) is 0.0982. The molecule has 5 nitrogen and oxygen atoms in total. The average Bonchev–Trinajstić information content (AvgIpc) is 3.09. The summed E-state index contributed by atoms with van der Waals surface area (Å²) in [6.07, 6.45) is 3.51. The van der Waals surface area contributed by atoms with Crippen molar-refractivity contribution in [2.75, 3.05) is 18.1 Å². The molecular weight excluding hydrogens is 570 g/mol. The minimum Gasteiger partial charge on any atom is -0.463 e. The van der Waals surface area contributed by atoms with Gasteiger partial charge in [-0.2, -0.15) is 0 Å². The van der Waals surface area contributed by atoms with E-state index in [2.05, 4.69) is 141 Å². The molecule has 0 bridgehead atoms. The first-order valence-electron chi connectivity index (χ1n) is 15.5. The summed E-state index contributed by atoms with van der Waals surface area (Å²) in [6, 6.07) is 38.6. The van der Waals surface area contributed by atoms with E-state index in [-0.39, 0.29) is 19.1 Å². The Morgan fingerprint density at radius 2 is 1.24 bits per heavy atom. The molecule has 0 amide bonds. The van der Waals surface area contributed by atoms with Gasteiger partial charge in [-0.25, -0.2) is 9.59 Å². The smallest absolute Gasteiger partial charge is 0.330 e. The SMILES string of the molecule is C=CC(=O)OCCC(CCOC(=O)C=C)c1ccc(-c2ccc(N(c3ccc(C)c(C)c3)c3cccc4ccccc34)cc2)cc1. The van der Waals surface area contributed by atoms with Crippen molar-refractivity contribution in [3.63, 3.8) is 0 Å². The Balaban J connectivity index is 1.41. The third-order valence-electron chi connectivity index (χ3n) is 8.35. The van der Waals surface area contributed by atoms with E-state index in [1.54, 1.807) is 0 Å². The summed E-state index contributed by atoms with van der Waals surface area (Å²) in [6.45, 7) is 11.7. The summed E-state index contributed by atoms with van der Waals surface area (Å²) in [5, 5.41) is 2.39. The number of fused-ring (bicyclic) bond motifs is 1. The standard InChI is InChI=1S/C41H39NO4/c1-5-40(43)45-26-24-34(25-27-46-41(44)6-2)32-17-15-31(16-18-32)33-19-22-36(23-20-33)42(37-21-14-29(3)30(4)28-37)39-13-9-11-35-10-7-8-12-38(35)39/h5-23,28,34H,1-2,24-27H2,3-4H3. The van der Waals surface area contributed by atoms with Crippen molar-refractivity contribution in [2.45, 2.75) is 32.6 Å². The third kappa shape index (κ3) is 7.62. The Bertz CT molecular complexity index is 1810. The summed E-state index contributed by atoms with van der Waals surface area (Å²) in [7, 11) is 0. The van der Waals surface area contributed by atoms with Crippen LogP contribution in [0.25, 0.3) is 21.9 Å². The van der Waals surface area contributed by atoms with Crippen molar-refractivity contribution in [3.05, 3.63) is 151 Å². The van der Waals surface area contributed by atoms with Crippen molar-refractivity contribution in [1.29, 1.82) is 0 Å². The van der Waals surface area contributed by atoms with Gasteiger partial charge in [0.15, 0.2) is 0 Å². The molecule has 0 aromatic heterocycles. The summed E-state index contributed by atoms with van der Waals surface area (Å²) in [4.78, 5) is 25.5. The Kier molecular flexibility index (Phi) is 10.5. The van der Waals surface area contributed by atoms with Gasteiger partial charge in [-0.15, -0.1) is 0 Å². The van der Waals surface area contributed by atoms with E-state index >= 15 is 0 Å². The van der Waals surface area contributed by atoms with E-state index in [0.29, 0.717) is 12.8 Å². The topological polar surface area (TPSA) is 55.8 Å². The fourth-order valence-electron chi connectivity index (χ4n) is 5.64. The van der Waals surface area contributed by atoms with Gasteiger partial charge < -0.3 is 14.4 Å². The van der Waals surface area contributed by atoms with Crippen molar-refractivity contribution < 1.29 is 19.1 Å². The summed E-state index contributed by atoms with van der Waals surface area (Å²) in [5.74, 6) is -0.863. The van der Waals surface area contributed by atoms with Crippen LogP contribution < -0.4 is 4.90 Å². The lowest BCUT2D eigenvalue weighted by Crippen LogP contribution is -2.11. The molecule has 5 aromatic rings. The second-order valence-electron chi connectivity index (χ2n) is 11.3. The molecule has 0 N–H and O–H groups in total. The van der Waals surface area contributed by atoms with Crippen LogP contribution in [0.2, 0.25) is 0 Å². The zero-order valence-corrected chi connectivity index (χ0v) is 26.4. The lowest BCUT2D eigenvalue weighted by molar-refractivity contribution is -0.138. The second kappa shape index (κ2) is 15.0. The molecule has 0 heterocycles. The summed E-state index contributed by atoms with van der Waals surface area (Å²) in [5.41, 5.74) is 9.10. The molecule has 0 aliphatic rings. The molecule has 5 aromatic carbocycles. The molecule has 0 aliphatic carbocycles. The highest BCUT2D eigenvalue weighted by Crippen LogP contribution is 2.40. The molecular formula is C41H39NO4. The molecule has 0 atom stereocenters. The van der Waals surface area contributed by atoms with Gasteiger partial charge in [-0.1, -0.05) is 92.0 Å². The van der Waals surface area contributed by atoms with Crippen molar-refractivity contribution >= 4 is 39.8 Å². The number of carbonyl (C=O) groups excluding carboxylic acids is 2. The first kappa shape index (κ1) is 32.0. The molecule has 5 heteroatoms. The van der Waals surface area contributed by atoms with E-state index < -0.39 is 11.9 Å². The summed E-state index contributed by atoms with van der Waals surface area (Å²) >= 11 is 0. The molecule has 5 rings (SSSR count). The normalized spacial score (nSPS) is 10.8. The first-order valence-corrected chi connectivity index (χ1v) is 15.5. The van der Waals surface area contributed by atoms with Crippen molar-refractivity contribution in [1.82, 2.24) is 0 Å². The van der Waals surface area contributed by atoms with Crippen molar-refractivity contribution in [2.24, 2.45) is 0 Å². The highest BCUT2D eigenvalue weighted by molar-refractivity contribution is 5.99. The van der Waals surface area contributed by atoms with Gasteiger partial charge in [0.1, 0.15) is 0 Å². The van der Waals surface area contributed by atoms with Crippen LogP contribution in [0.3, 0.4) is 0 Å². The van der Waals surface area contributed by atoms with E-state index in [1.807, 2.05) is 0 Å². The molecule has 0 radical (unpaired) electrons. The minimum absolute atomic E-state index is 0.0406.